The van der Waals surface area contributed by atoms with Crippen LogP contribution < -0.4 is 5.32 Å². The van der Waals surface area contributed by atoms with Gasteiger partial charge in [0.15, 0.2) is 0 Å². The molecule has 2 aliphatic heterocycles. The van der Waals surface area contributed by atoms with Gasteiger partial charge in [-0.3, -0.25) is 9.69 Å². The molecule has 3 heteroatoms. The number of hydrogen-bond donors (Lipinski definition) is 1. The topological polar surface area (TPSA) is 32.3 Å². The van der Waals surface area contributed by atoms with Gasteiger partial charge in [0.05, 0.1) is 6.04 Å². The first-order valence-corrected chi connectivity index (χ1v) is 7.98. The first-order chi connectivity index (χ1) is 10.8. The van der Waals surface area contributed by atoms with E-state index in [1.807, 2.05) is 0 Å². The zero-order valence-corrected chi connectivity index (χ0v) is 12.5. The predicted molar refractivity (Wildman–Crippen MR) is 86.6 cm³/mol. The molecule has 2 unspecified atom stereocenters. The van der Waals surface area contributed by atoms with Crippen molar-refractivity contribution in [2.45, 2.75) is 24.9 Å². The lowest BCUT2D eigenvalue weighted by Gasteiger charge is -2.42. The van der Waals surface area contributed by atoms with Gasteiger partial charge in [0.2, 0.25) is 5.91 Å². The molecule has 0 spiro atoms. The van der Waals surface area contributed by atoms with Crippen LogP contribution in [0.3, 0.4) is 0 Å². The van der Waals surface area contributed by atoms with Crippen molar-refractivity contribution in [2.24, 2.45) is 0 Å². The zero-order valence-electron chi connectivity index (χ0n) is 12.5. The summed E-state index contributed by atoms with van der Waals surface area (Å²) in [4.78, 5) is 14.5. The van der Waals surface area contributed by atoms with Crippen LogP contribution in [0.25, 0.3) is 0 Å². The second-order valence-corrected chi connectivity index (χ2v) is 6.16. The summed E-state index contributed by atoms with van der Waals surface area (Å²) in [5.41, 5.74) is 4.08. The van der Waals surface area contributed by atoms with Gasteiger partial charge in [0.25, 0.3) is 0 Å². The van der Waals surface area contributed by atoms with Crippen LogP contribution in [-0.2, 0) is 11.2 Å². The van der Waals surface area contributed by atoms with Gasteiger partial charge in [-0.25, -0.2) is 0 Å². The summed E-state index contributed by atoms with van der Waals surface area (Å²) in [7, 11) is 0. The lowest BCUT2D eigenvalue weighted by atomic mass is 9.84. The number of carbonyl (C=O) groups excluding carboxylic acids is 1. The Labute approximate surface area is 131 Å². The number of amides is 1. The van der Waals surface area contributed by atoms with E-state index in [4.69, 9.17) is 0 Å². The van der Waals surface area contributed by atoms with Crippen LogP contribution in [0.5, 0.6) is 0 Å². The lowest BCUT2D eigenvalue weighted by Crippen LogP contribution is -2.44. The first kappa shape index (κ1) is 13.5. The van der Waals surface area contributed by atoms with Crippen LogP contribution in [-0.4, -0.2) is 29.9 Å². The van der Waals surface area contributed by atoms with Crippen molar-refractivity contribution >= 4 is 5.91 Å². The fraction of sp³-hybridized carbons (Fsp3) is 0.316. The van der Waals surface area contributed by atoms with Gasteiger partial charge in [0, 0.05) is 25.6 Å². The Morgan fingerprint density at radius 3 is 2.59 bits per heavy atom. The second-order valence-electron chi connectivity index (χ2n) is 6.16. The van der Waals surface area contributed by atoms with E-state index < -0.39 is 0 Å². The molecule has 0 bridgehead atoms. The van der Waals surface area contributed by atoms with E-state index in [9.17, 15) is 4.79 Å². The van der Waals surface area contributed by atoms with Gasteiger partial charge in [0.1, 0.15) is 0 Å². The van der Waals surface area contributed by atoms with Crippen molar-refractivity contribution in [3.05, 3.63) is 71.3 Å². The van der Waals surface area contributed by atoms with E-state index in [0.29, 0.717) is 12.5 Å². The number of carbonyl (C=O) groups is 1. The highest BCUT2D eigenvalue weighted by atomic mass is 16.1. The summed E-state index contributed by atoms with van der Waals surface area (Å²) in [6, 6.07) is 19.9. The van der Waals surface area contributed by atoms with Crippen LogP contribution in [0.15, 0.2) is 54.6 Å². The normalized spacial score (nSPS) is 24.8. The highest BCUT2D eigenvalue weighted by molar-refractivity contribution is 5.77. The molecule has 2 heterocycles. The molecule has 2 aromatic carbocycles. The second kappa shape index (κ2) is 5.58. The van der Waals surface area contributed by atoms with Gasteiger partial charge < -0.3 is 5.32 Å². The molecule has 0 aromatic heterocycles. The summed E-state index contributed by atoms with van der Waals surface area (Å²) < 4.78 is 0. The Balaban J connectivity index is 1.83. The molecular formula is C19H20N2O. The molecule has 2 atom stereocenters. The van der Waals surface area contributed by atoms with Crippen LogP contribution >= 0.6 is 0 Å². The number of hydrogen-bond acceptors (Lipinski definition) is 2. The smallest absolute Gasteiger partial charge is 0.221 e. The maximum absolute atomic E-state index is 12.0. The molecule has 0 radical (unpaired) electrons. The van der Waals surface area contributed by atoms with Gasteiger partial charge in [-0.05, 0) is 23.1 Å². The molecule has 1 saturated heterocycles. The van der Waals surface area contributed by atoms with Crippen molar-refractivity contribution in [1.82, 2.24) is 10.2 Å². The number of nitrogens with one attached hydrogen (secondary N) is 1. The largest absolute Gasteiger partial charge is 0.355 e. The average molecular weight is 292 g/mol. The summed E-state index contributed by atoms with van der Waals surface area (Å²) >= 11 is 0. The van der Waals surface area contributed by atoms with Crippen molar-refractivity contribution in [3.8, 4) is 0 Å². The SMILES string of the molecule is O=C1CC2Cc3ccccc3C(c3ccccc3)N2CCN1. The maximum Gasteiger partial charge on any atom is 0.221 e. The van der Waals surface area contributed by atoms with Gasteiger partial charge in [-0.2, -0.15) is 0 Å². The maximum atomic E-state index is 12.0. The molecule has 1 amide bonds. The number of benzene rings is 2. The molecule has 22 heavy (non-hydrogen) atoms. The van der Waals surface area contributed by atoms with Crippen LogP contribution in [0.1, 0.15) is 29.2 Å². The molecule has 0 saturated carbocycles. The van der Waals surface area contributed by atoms with E-state index in [-0.39, 0.29) is 11.9 Å². The Hall–Kier alpha value is -2.13. The first-order valence-electron chi connectivity index (χ1n) is 7.98. The van der Waals surface area contributed by atoms with E-state index >= 15 is 0 Å². The molecule has 2 aliphatic rings. The summed E-state index contributed by atoms with van der Waals surface area (Å²) in [5, 5.41) is 3.02. The van der Waals surface area contributed by atoms with Crippen molar-refractivity contribution in [2.75, 3.05) is 13.1 Å². The Morgan fingerprint density at radius 2 is 1.73 bits per heavy atom. The van der Waals surface area contributed by atoms with E-state index in [1.165, 1.54) is 16.7 Å². The van der Waals surface area contributed by atoms with Crippen LogP contribution in [0.2, 0.25) is 0 Å². The van der Waals surface area contributed by atoms with E-state index in [0.717, 1.165) is 19.5 Å². The minimum Gasteiger partial charge on any atom is -0.355 e. The van der Waals surface area contributed by atoms with E-state index in [2.05, 4.69) is 64.8 Å². The Morgan fingerprint density at radius 1 is 0.955 bits per heavy atom. The van der Waals surface area contributed by atoms with Crippen molar-refractivity contribution in [3.63, 3.8) is 0 Å². The molecule has 1 fully saturated rings. The fourth-order valence-electron chi connectivity index (χ4n) is 3.87. The molecule has 2 aromatic rings. The summed E-state index contributed by atoms with van der Waals surface area (Å²) in [6.45, 7) is 1.64. The molecular weight excluding hydrogens is 272 g/mol. The number of nitrogens with zero attached hydrogens (tertiary/aromatic N) is 1. The predicted octanol–water partition coefficient (Wildman–Crippen LogP) is 2.52. The Kier molecular flexibility index (Phi) is 3.43. The van der Waals surface area contributed by atoms with Gasteiger partial charge in [-0.1, -0.05) is 54.6 Å². The highest BCUT2D eigenvalue weighted by Gasteiger charge is 2.37. The van der Waals surface area contributed by atoms with Crippen molar-refractivity contribution in [1.29, 1.82) is 0 Å². The standard InChI is InChI=1S/C19H20N2O/c22-18-13-16-12-15-8-4-5-9-17(15)19(21(16)11-10-20-18)14-6-2-1-3-7-14/h1-9,16,19H,10-13H2,(H,20,22). The molecule has 3 nitrogen and oxygen atoms in total. The number of fused-ring (bicyclic) bond motifs is 2. The van der Waals surface area contributed by atoms with Crippen LogP contribution in [0, 0.1) is 0 Å². The summed E-state index contributed by atoms with van der Waals surface area (Å²) in [6.07, 6.45) is 1.56. The number of rotatable bonds is 1. The average Bonchev–Trinajstić information content (AvgIpc) is 2.73. The lowest BCUT2D eigenvalue weighted by molar-refractivity contribution is -0.121. The third-order valence-electron chi connectivity index (χ3n) is 4.83. The van der Waals surface area contributed by atoms with Gasteiger partial charge in [-0.15, -0.1) is 0 Å². The highest BCUT2D eigenvalue weighted by Crippen LogP contribution is 2.38. The monoisotopic (exact) mass is 292 g/mol. The molecule has 1 N–H and O–H groups in total. The summed E-state index contributed by atoms with van der Waals surface area (Å²) in [5.74, 6) is 0.179. The fourth-order valence-corrected chi connectivity index (χ4v) is 3.87. The van der Waals surface area contributed by atoms with Crippen molar-refractivity contribution < 1.29 is 4.79 Å². The quantitative estimate of drug-likeness (QED) is 0.876. The third-order valence-corrected chi connectivity index (χ3v) is 4.83. The minimum absolute atomic E-state index is 0.179. The van der Waals surface area contributed by atoms with Crippen LogP contribution in [0.4, 0.5) is 0 Å². The third kappa shape index (κ3) is 2.32. The molecule has 4 rings (SSSR count). The molecule has 112 valence electrons. The minimum atomic E-state index is 0.179. The van der Waals surface area contributed by atoms with Gasteiger partial charge >= 0.3 is 0 Å². The molecule has 0 aliphatic carbocycles. The Bertz CT molecular complexity index is 683. The van der Waals surface area contributed by atoms with E-state index in [1.54, 1.807) is 0 Å². The zero-order chi connectivity index (χ0) is 14.9.